The fourth-order valence-electron chi connectivity index (χ4n) is 1.59. The molecular weight excluding hydrogens is 319 g/mol. The Morgan fingerprint density at radius 2 is 2.10 bits per heavy atom. The minimum absolute atomic E-state index is 0.124. The van der Waals surface area contributed by atoms with Crippen LogP contribution in [-0.4, -0.2) is 20.6 Å². The Labute approximate surface area is 129 Å². The largest absolute Gasteiger partial charge is 0.389 e. The third-order valence-corrected chi connectivity index (χ3v) is 3.32. The number of aryl methyl sites for hydroxylation is 1. The van der Waals surface area contributed by atoms with Crippen LogP contribution >= 0.6 is 23.2 Å². The molecular formula is C12H10Cl2N4O3. The number of hydrogen-bond donors (Lipinski definition) is 1. The number of nitrogens with zero attached hydrogens (tertiary/aromatic N) is 3. The van der Waals surface area contributed by atoms with Gasteiger partial charge in [-0.05, 0) is 23.1 Å². The van der Waals surface area contributed by atoms with E-state index in [0.717, 1.165) is 0 Å². The van der Waals surface area contributed by atoms with Gasteiger partial charge in [0.15, 0.2) is 0 Å². The van der Waals surface area contributed by atoms with Crippen LogP contribution in [0.25, 0.3) is 0 Å². The first kappa shape index (κ1) is 15.3. The van der Waals surface area contributed by atoms with Crippen LogP contribution in [0.4, 0.5) is 11.5 Å². The number of nitro groups is 1. The van der Waals surface area contributed by atoms with Crippen molar-refractivity contribution in [2.24, 2.45) is 0 Å². The van der Waals surface area contributed by atoms with Gasteiger partial charge in [-0.25, -0.2) is 0 Å². The zero-order valence-corrected chi connectivity index (χ0v) is 12.1. The zero-order valence-electron chi connectivity index (χ0n) is 10.6. The highest BCUT2D eigenvalue weighted by atomic mass is 35.5. The lowest BCUT2D eigenvalue weighted by Gasteiger charge is -2.05. The van der Waals surface area contributed by atoms with Gasteiger partial charge >= 0.3 is 5.82 Å². The Bertz CT molecular complexity index is 687. The van der Waals surface area contributed by atoms with Crippen molar-refractivity contribution >= 4 is 40.6 Å². The summed E-state index contributed by atoms with van der Waals surface area (Å²) in [6, 6.07) is 6.03. The Kier molecular flexibility index (Phi) is 4.77. The van der Waals surface area contributed by atoms with E-state index in [2.05, 4.69) is 10.4 Å². The molecule has 0 atom stereocenters. The Morgan fingerprint density at radius 1 is 1.33 bits per heavy atom. The first-order valence-electron chi connectivity index (χ1n) is 5.88. The molecule has 0 radical (unpaired) electrons. The van der Waals surface area contributed by atoms with Crippen LogP contribution < -0.4 is 5.32 Å². The van der Waals surface area contributed by atoms with Crippen LogP contribution in [0.15, 0.2) is 30.5 Å². The van der Waals surface area contributed by atoms with E-state index in [1.165, 1.54) is 16.9 Å². The average Bonchev–Trinajstić information content (AvgIpc) is 2.90. The fraction of sp³-hybridized carbons (Fsp3) is 0.167. The molecule has 0 unspecified atom stereocenters. The summed E-state index contributed by atoms with van der Waals surface area (Å²) in [5.41, 5.74) is 0.529. The molecule has 1 aromatic heterocycles. The molecule has 110 valence electrons. The Balaban J connectivity index is 1.89. The molecule has 1 heterocycles. The van der Waals surface area contributed by atoms with Gasteiger partial charge in [0, 0.05) is 12.1 Å². The van der Waals surface area contributed by atoms with E-state index in [1.54, 1.807) is 18.2 Å². The second kappa shape index (κ2) is 6.55. The quantitative estimate of drug-likeness (QED) is 0.674. The summed E-state index contributed by atoms with van der Waals surface area (Å²) < 4.78 is 1.34. The molecule has 0 bridgehead atoms. The Hall–Kier alpha value is -2.12. The Morgan fingerprint density at radius 3 is 2.71 bits per heavy atom. The summed E-state index contributed by atoms with van der Waals surface area (Å²) >= 11 is 11.6. The van der Waals surface area contributed by atoms with Gasteiger partial charge in [0.2, 0.25) is 5.91 Å². The lowest BCUT2D eigenvalue weighted by molar-refractivity contribution is -0.389. The number of anilines is 1. The van der Waals surface area contributed by atoms with Crippen molar-refractivity contribution in [2.45, 2.75) is 13.0 Å². The van der Waals surface area contributed by atoms with Crippen LogP contribution in [0, 0.1) is 10.1 Å². The number of hydrogen-bond acceptors (Lipinski definition) is 4. The molecule has 0 aliphatic heterocycles. The van der Waals surface area contributed by atoms with Crippen molar-refractivity contribution in [3.63, 3.8) is 0 Å². The average molecular weight is 329 g/mol. The predicted molar refractivity (Wildman–Crippen MR) is 78.6 cm³/mol. The maximum absolute atomic E-state index is 11.8. The monoisotopic (exact) mass is 328 g/mol. The van der Waals surface area contributed by atoms with Crippen molar-refractivity contribution in [1.29, 1.82) is 0 Å². The van der Waals surface area contributed by atoms with Crippen LogP contribution in [0.5, 0.6) is 0 Å². The summed E-state index contributed by atoms with van der Waals surface area (Å²) in [6.45, 7) is 0.237. The summed E-state index contributed by atoms with van der Waals surface area (Å²) in [6.07, 6.45) is 1.57. The van der Waals surface area contributed by atoms with E-state index in [4.69, 9.17) is 23.2 Å². The zero-order chi connectivity index (χ0) is 15.4. The SMILES string of the molecule is O=C(CCn1ccc([N+](=O)[O-])n1)Nc1ccc(Cl)c(Cl)c1. The second-order valence-electron chi connectivity index (χ2n) is 4.12. The number of benzene rings is 1. The predicted octanol–water partition coefficient (Wildman–Crippen LogP) is 3.13. The normalized spacial score (nSPS) is 10.4. The lowest BCUT2D eigenvalue weighted by Crippen LogP contribution is -2.14. The standard InChI is InChI=1S/C12H10Cl2N4O3/c13-9-2-1-8(7-10(9)14)15-12(19)4-6-17-5-3-11(16-17)18(20)21/h1-3,5,7H,4,6H2,(H,15,19). The third kappa shape index (κ3) is 4.17. The van der Waals surface area contributed by atoms with E-state index in [-0.39, 0.29) is 24.7 Å². The molecule has 0 spiro atoms. The molecule has 21 heavy (non-hydrogen) atoms. The summed E-state index contributed by atoms with van der Waals surface area (Å²) in [7, 11) is 0. The molecule has 1 amide bonds. The minimum Gasteiger partial charge on any atom is -0.358 e. The summed E-state index contributed by atoms with van der Waals surface area (Å²) in [5.74, 6) is -0.508. The van der Waals surface area contributed by atoms with Crippen molar-refractivity contribution in [2.75, 3.05) is 5.32 Å². The topological polar surface area (TPSA) is 90.1 Å². The molecule has 0 saturated carbocycles. The van der Waals surface area contributed by atoms with Crippen LogP contribution in [0.1, 0.15) is 6.42 Å². The minimum atomic E-state index is -0.591. The number of amides is 1. The molecule has 1 aromatic carbocycles. The van der Waals surface area contributed by atoms with Gasteiger partial charge in [-0.1, -0.05) is 23.2 Å². The van der Waals surface area contributed by atoms with Gasteiger partial charge in [-0.3, -0.25) is 4.79 Å². The molecule has 1 N–H and O–H groups in total. The number of aromatic nitrogens is 2. The van der Waals surface area contributed by atoms with Crippen molar-refractivity contribution in [3.05, 3.63) is 50.6 Å². The van der Waals surface area contributed by atoms with Gasteiger partial charge in [-0.2, -0.15) is 4.68 Å². The number of nitrogens with one attached hydrogen (secondary N) is 1. The summed E-state index contributed by atoms with van der Waals surface area (Å²) in [5, 5.41) is 17.6. The van der Waals surface area contributed by atoms with E-state index in [9.17, 15) is 14.9 Å². The maximum Gasteiger partial charge on any atom is 0.389 e. The molecule has 0 aliphatic carbocycles. The van der Waals surface area contributed by atoms with Gasteiger partial charge < -0.3 is 15.4 Å². The molecule has 0 fully saturated rings. The van der Waals surface area contributed by atoms with Crippen LogP contribution in [0.3, 0.4) is 0 Å². The number of carbonyl (C=O) groups is 1. The van der Waals surface area contributed by atoms with Crippen LogP contribution in [-0.2, 0) is 11.3 Å². The van der Waals surface area contributed by atoms with Gasteiger partial charge in [0.1, 0.15) is 0 Å². The third-order valence-electron chi connectivity index (χ3n) is 2.58. The van der Waals surface area contributed by atoms with Crippen LogP contribution in [0.2, 0.25) is 10.0 Å². The number of carbonyl (C=O) groups excluding carboxylic acids is 1. The molecule has 9 heteroatoms. The van der Waals surface area contributed by atoms with Gasteiger partial charge in [-0.15, -0.1) is 0 Å². The molecule has 0 aliphatic rings. The molecule has 0 saturated heterocycles. The second-order valence-corrected chi connectivity index (χ2v) is 4.94. The fourth-order valence-corrected chi connectivity index (χ4v) is 1.88. The number of halogens is 2. The van der Waals surface area contributed by atoms with Gasteiger partial charge in [0.25, 0.3) is 0 Å². The van der Waals surface area contributed by atoms with Crippen molar-refractivity contribution in [1.82, 2.24) is 9.78 Å². The van der Waals surface area contributed by atoms with E-state index in [0.29, 0.717) is 15.7 Å². The molecule has 2 rings (SSSR count). The first-order chi connectivity index (χ1) is 9.95. The highest BCUT2D eigenvalue weighted by Crippen LogP contribution is 2.25. The first-order valence-corrected chi connectivity index (χ1v) is 6.64. The summed E-state index contributed by atoms with van der Waals surface area (Å²) in [4.78, 5) is 21.6. The van der Waals surface area contributed by atoms with E-state index >= 15 is 0 Å². The molecule has 2 aromatic rings. The molecule has 7 nitrogen and oxygen atoms in total. The highest BCUT2D eigenvalue weighted by Gasteiger charge is 2.12. The van der Waals surface area contributed by atoms with Crippen molar-refractivity contribution < 1.29 is 9.72 Å². The van der Waals surface area contributed by atoms with Gasteiger partial charge in [0.05, 0.1) is 34.0 Å². The number of rotatable bonds is 5. The smallest absolute Gasteiger partial charge is 0.358 e. The van der Waals surface area contributed by atoms with E-state index in [1.807, 2.05) is 0 Å². The lowest BCUT2D eigenvalue weighted by atomic mass is 10.3. The van der Waals surface area contributed by atoms with E-state index < -0.39 is 4.92 Å². The van der Waals surface area contributed by atoms with Crippen molar-refractivity contribution in [3.8, 4) is 0 Å². The highest BCUT2D eigenvalue weighted by molar-refractivity contribution is 6.42. The maximum atomic E-state index is 11.8.